The molecule has 1 heterocycles. The van der Waals surface area contributed by atoms with Gasteiger partial charge in [-0.25, -0.2) is 9.59 Å². The highest BCUT2D eigenvalue weighted by atomic mass is 16.5. The lowest BCUT2D eigenvalue weighted by atomic mass is 9.98. The second kappa shape index (κ2) is 8.79. The fourth-order valence-electron chi connectivity index (χ4n) is 4.61. The number of nitrogens with one attached hydrogen (secondary N) is 1. The smallest absolute Gasteiger partial charge is 0.407 e. The first-order chi connectivity index (χ1) is 15.0. The molecule has 1 saturated heterocycles. The average Bonchev–Trinajstić information content (AvgIpc) is 3.39. The van der Waals surface area contributed by atoms with Crippen LogP contribution in [0.2, 0.25) is 0 Å². The van der Waals surface area contributed by atoms with E-state index in [-0.39, 0.29) is 18.4 Å². The Labute approximate surface area is 181 Å². The molecule has 2 N–H and O–H groups in total. The summed E-state index contributed by atoms with van der Waals surface area (Å²) in [6.45, 7) is 2.32. The second-order valence-corrected chi connectivity index (χ2v) is 7.96. The summed E-state index contributed by atoms with van der Waals surface area (Å²) in [4.78, 5) is 38.1. The van der Waals surface area contributed by atoms with E-state index in [1.165, 1.54) is 4.90 Å². The largest absolute Gasteiger partial charge is 0.480 e. The quantitative estimate of drug-likeness (QED) is 0.744. The molecule has 2 atom stereocenters. The van der Waals surface area contributed by atoms with E-state index in [0.717, 1.165) is 22.3 Å². The molecule has 0 aromatic heterocycles. The van der Waals surface area contributed by atoms with Gasteiger partial charge in [-0.15, -0.1) is 0 Å². The van der Waals surface area contributed by atoms with E-state index < -0.39 is 24.1 Å². The summed E-state index contributed by atoms with van der Waals surface area (Å²) in [5.74, 6) is -1.45. The lowest BCUT2D eigenvalue weighted by Gasteiger charge is -2.26. The lowest BCUT2D eigenvalue weighted by Crippen LogP contribution is -2.51. The number of carbonyl (C=O) groups is 3. The van der Waals surface area contributed by atoms with Gasteiger partial charge in [0.2, 0.25) is 5.91 Å². The molecular formula is C24H26N2O5. The van der Waals surface area contributed by atoms with Gasteiger partial charge in [0.1, 0.15) is 18.7 Å². The van der Waals surface area contributed by atoms with Crippen molar-refractivity contribution in [3.63, 3.8) is 0 Å². The molecule has 0 unspecified atom stereocenters. The van der Waals surface area contributed by atoms with Crippen molar-refractivity contribution in [1.29, 1.82) is 0 Å². The number of aliphatic carboxylic acids is 1. The number of ether oxygens (including phenoxy) is 1. The zero-order chi connectivity index (χ0) is 22.0. The normalized spacial score (nSPS) is 18.2. The van der Waals surface area contributed by atoms with Crippen LogP contribution in [0.1, 0.15) is 43.2 Å². The highest BCUT2D eigenvalue weighted by Gasteiger charge is 2.37. The van der Waals surface area contributed by atoms with E-state index in [1.54, 1.807) is 6.92 Å². The highest BCUT2D eigenvalue weighted by molar-refractivity contribution is 5.89. The maximum absolute atomic E-state index is 12.8. The van der Waals surface area contributed by atoms with Crippen LogP contribution in [0, 0.1) is 0 Å². The molecule has 0 saturated carbocycles. The first kappa shape index (κ1) is 20.9. The second-order valence-electron chi connectivity index (χ2n) is 7.96. The van der Waals surface area contributed by atoms with Crippen LogP contribution in [0.25, 0.3) is 11.1 Å². The van der Waals surface area contributed by atoms with Crippen LogP contribution < -0.4 is 5.32 Å². The zero-order valence-corrected chi connectivity index (χ0v) is 17.4. The molecule has 0 spiro atoms. The van der Waals surface area contributed by atoms with Gasteiger partial charge in [0, 0.05) is 12.5 Å². The summed E-state index contributed by atoms with van der Waals surface area (Å²) < 4.78 is 5.52. The molecule has 2 aliphatic rings. The molecule has 2 aromatic carbocycles. The van der Waals surface area contributed by atoms with Gasteiger partial charge in [0.05, 0.1) is 0 Å². The molecule has 4 rings (SSSR count). The predicted molar refractivity (Wildman–Crippen MR) is 115 cm³/mol. The van der Waals surface area contributed by atoms with E-state index in [0.29, 0.717) is 25.8 Å². The number of rotatable bonds is 6. The Morgan fingerprint density at radius 2 is 1.71 bits per heavy atom. The zero-order valence-electron chi connectivity index (χ0n) is 17.4. The van der Waals surface area contributed by atoms with Crippen molar-refractivity contribution in [2.45, 2.75) is 44.2 Å². The van der Waals surface area contributed by atoms with E-state index in [9.17, 15) is 19.5 Å². The molecule has 2 amide bonds. The van der Waals surface area contributed by atoms with Crippen LogP contribution in [-0.2, 0) is 14.3 Å². The van der Waals surface area contributed by atoms with Crippen LogP contribution in [0.3, 0.4) is 0 Å². The third-order valence-electron chi connectivity index (χ3n) is 6.16. The Morgan fingerprint density at radius 1 is 1.10 bits per heavy atom. The monoisotopic (exact) mass is 422 g/mol. The van der Waals surface area contributed by atoms with Crippen LogP contribution in [0.5, 0.6) is 0 Å². The van der Waals surface area contributed by atoms with Gasteiger partial charge < -0.3 is 20.1 Å². The minimum Gasteiger partial charge on any atom is -0.480 e. The molecule has 7 nitrogen and oxygen atoms in total. The molecule has 0 bridgehead atoms. The number of fused-ring (bicyclic) bond motifs is 3. The molecule has 162 valence electrons. The first-order valence-corrected chi connectivity index (χ1v) is 10.7. The number of likely N-dealkylation sites (tertiary alicyclic amines) is 1. The predicted octanol–water partition coefficient (Wildman–Crippen LogP) is 3.38. The van der Waals surface area contributed by atoms with Gasteiger partial charge in [0.15, 0.2) is 0 Å². The van der Waals surface area contributed by atoms with Gasteiger partial charge in [0.25, 0.3) is 0 Å². The van der Waals surface area contributed by atoms with Crippen LogP contribution >= 0.6 is 0 Å². The van der Waals surface area contributed by atoms with E-state index >= 15 is 0 Å². The van der Waals surface area contributed by atoms with Crippen molar-refractivity contribution in [3.8, 4) is 11.1 Å². The van der Waals surface area contributed by atoms with Crippen molar-refractivity contribution < 1.29 is 24.2 Å². The summed E-state index contributed by atoms with van der Waals surface area (Å²) >= 11 is 0. The number of hydrogen-bond donors (Lipinski definition) is 2. The van der Waals surface area contributed by atoms with Crippen molar-refractivity contribution in [2.24, 2.45) is 0 Å². The summed E-state index contributed by atoms with van der Waals surface area (Å²) in [6, 6.07) is 14.5. The molecule has 1 aliphatic carbocycles. The highest BCUT2D eigenvalue weighted by Crippen LogP contribution is 2.44. The Balaban J connectivity index is 1.41. The number of benzene rings is 2. The van der Waals surface area contributed by atoms with Crippen molar-refractivity contribution in [1.82, 2.24) is 10.2 Å². The van der Waals surface area contributed by atoms with Crippen molar-refractivity contribution in [3.05, 3.63) is 59.7 Å². The van der Waals surface area contributed by atoms with E-state index in [4.69, 9.17) is 4.74 Å². The average molecular weight is 422 g/mol. The summed E-state index contributed by atoms with van der Waals surface area (Å²) in [7, 11) is 0. The third-order valence-corrected chi connectivity index (χ3v) is 6.16. The maximum Gasteiger partial charge on any atom is 0.407 e. The number of carboxylic acids is 1. The van der Waals surface area contributed by atoms with E-state index in [2.05, 4.69) is 17.4 Å². The van der Waals surface area contributed by atoms with Gasteiger partial charge in [-0.05, 0) is 41.5 Å². The fourth-order valence-corrected chi connectivity index (χ4v) is 4.61. The minimum absolute atomic E-state index is 0.0658. The Kier molecular flexibility index (Phi) is 5.93. The summed E-state index contributed by atoms with van der Waals surface area (Å²) in [5, 5.41) is 12.0. The molecule has 7 heteroatoms. The van der Waals surface area contributed by atoms with Crippen molar-refractivity contribution >= 4 is 18.0 Å². The lowest BCUT2D eigenvalue weighted by molar-refractivity contribution is -0.149. The van der Waals surface area contributed by atoms with Gasteiger partial charge >= 0.3 is 12.1 Å². The molecule has 0 radical (unpaired) electrons. The first-order valence-electron chi connectivity index (χ1n) is 10.7. The Hall–Kier alpha value is -3.35. The van der Waals surface area contributed by atoms with Crippen molar-refractivity contribution in [2.75, 3.05) is 13.2 Å². The minimum atomic E-state index is -1.01. The molecule has 2 aromatic rings. The number of carboxylic acid groups (broad SMARTS) is 1. The third kappa shape index (κ3) is 4.00. The number of hydrogen-bond acceptors (Lipinski definition) is 4. The molecule has 1 aliphatic heterocycles. The molecule has 31 heavy (non-hydrogen) atoms. The number of alkyl carbamates (subject to hydrolysis) is 1. The van der Waals surface area contributed by atoms with Crippen LogP contribution in [0.15, 0.2) is 48.5 Å². The fraction of sp³-hybridized carbons (Fsp3) is 0.375. The van der Waals surface area contributed by atoms with Gasteiger partial charge in [-0.2, -0.15) is 0 Å². The number of carbonyl (C=O) groups excluding carboxylic acids is 2. The summed E-state index contributed by atoms with van der Waals surface area (Å²) in [5.41, 5.74) is 4.51. The molecular weight excluding hydrogens is 396 g/mol. The van der Waals surface area contributed by atoms with Crippen LogP contribution in [-0.4, -0.2) is 53.2 Å². The Bertz CT molecular complexity index is 959. The van der Waals surface area contributed by atoms with Gasteiger partial charge in [-0.1, -0.05) is 55.5 Å². The SMILES string of the molecule is CC[C@H](NC(=O)OCC1c2ccccc2-c2ccccc21)C(=O)N1CCC[C@H]1C(=O)O. The molecule has 1 fully saturated rings. The maximum atomic E-state index is 12.8. The van der Waals surface area contributed by atoms with Crippen LogP contribution in [0.4, 0.5) is 4.79 Å². The van der Waals surface area contributed by atoms with E-state index in [1.807, 2.05) is 36.4 Å². The summed E-state index contributed by atoms with van der Waals surface area (Å²) in [6.07, 6.45) is 0.756. The Morgan fingerprint density at radius 3 is 2.29 bits per heavy atom. The van der Waals surface area contributed by atoms with Gasteiger partial charge in [-0.3, -0.25) is 4.79 Å². The number of amides is 2. The standard InChI is InChI=1S/C24H26N2O5/c1-2-20(22(27)26-13-7-12-21(26)23(28)29)25-24(30)31-14-19-17-10-5-3-8-15(17)16-9-4-6-11-18(16)19/h3-6,8-11,19-21H,2,7,12-14H2,1H3,(H,25,30)(H,28,29)/t20-,21-/m0/s1. The number of nitrogens with zero attached hydrogens (tertiary/aromatic N) is 1. The topological polar surface area (TPSA) is 95.9 Å².